The quantitative estimate of drug-likeness (QED) is 0.218. The van der Waals surface area contributed by atoms with Crippen LogP contribution in [0.1, 0.15) is 86.1 Å². The van der Waals surface area contributed by atoms with Crippen LogP contribution in [0.3, 0.4) is 0 Å². The van der Waals surface area contributed by atoms with Gasteiger partial charge < -0.3 is 4.43 Å². The Hall–Kier alpha value is -2.33. The third kappa shape index (κ3) is 6.80. The summed E-state index contributed by atoms with van der Waals surface area (Å²) < 4.78 is 38.1. The fourth-order valence-corrected chi connectivity index (χ4v) is 14.4. The summed E-state index contributed by atoms with van der Waals surface area (Å²) in [7, 11) is -6.69. The van der Waals surface area contributed by atoms with Crippen molar-refractivity contribution in [3.05, 3.63) is 90.5 Å². The fraction of sp³-hybridized carbons (Fsp3) is 0.526. The molecule has 0 N–H and O–H groups in total. The molecule has 2 saturated heterocycles. The van der Waals surface area contributed by atoms with Gasteiger partial charge in [-0.05, 0) is 94.3 Å². The topological polar surface area (TPSA) is 59.1 Å². The lowest BCUT2D eigenvalue weighted by molar-refractivity contribution is -0.284. The molecule has 2 aliphatic rings. The van der Waals surface area contributed by atoms with Gasteiger partial charge in [0.15, 0.2) is 0 Å². The van der Waals surface area contributed by atoms with E-state index in [1.807, 2.05) is 31.2 Å². The van der Waals surface area contributed by atoms with Crippen LogP contribution in [0.2, 0.25) is 5.04 Å². The Morgan fingerprint density at radius 2 is 1.24 bits per heavy atom. The molecule has 0 aliphatic carbocycles. The fourth-order valence-electron chi connectivity index (χ4n) is 7.94. The van der Waals surface area contributed by atoms with Crippen molar-refractivity contribution in [1.29, 1.82) is 0 Å². The number of benzene rings is 3. The second-order valence-electron chi connectivity index (χ2n) is 15.6. The van der Waals surface area contributed by atoms with Gasteiger partial charge in [0.1, 0.15) is 0 Å². The summed E-state index contributed by atoms with van der Waals surface area (Å²) in [6.45, 7) is 18.3. The van der Waals surface area contributed by atoms with Gasteiger partial charge in [0.25, 0.3) is 8.32 Å². The van der Waals surface area contributed by atoms with E-state index in [0.29, 0.717) is 31.0 Å². The molecule has 5 rings (SSSR count). The third-order valence-electron chi connectivity index (χ3n) is 10.1. The van der Waals surface area contributed by atoms with Gasteiger partial charge in [-0.1, -0.05) is 99.1 Å². The molecular formula is C38H54N2O4SSi. The average molecular weight is 663 g/mol. The van der Waals surface area contributed by atoms with E-state index < -0.39 is 18.3 Å². The average Bonchev–Trinajstić information content (AvgIpc) is 3.41. The first-order valence-corrected chi connectivity index (χ1v) is 20.2. The zero-order chi connectivity index (χ0) is 33.4. The molecule has 0 saturated carbocycles. The maximum Gasteiger partial charge on any atom is 0.261 e. The van der Waals surface area contributed by atoms with Crippen LogP contribution in [0, 0.1) is 6.92 Å². The van der Waals surface area contributed by atoms with Gasteiger partial charge in [0, 0.05) is 17.1 Å². The minimum atomic E-state index is -3.83. The second kappa shape index (κ2) is 13.3. The van der Waals surface area contributed by atoms with Crippen LogP contribution in [-0.4, -0.2) is 62.5 Å². The second-order valence-corrected chi connectivity index (χ2v) is 21.7. The number of nitrogens with zero attached hydrogens (tertiary/aromatic N) is 2. The molecule has 0 unspecified atom stereocenters. The first kappa shape index (κ1) is 35.0. The van der Waals surface area contributed by atoms with E-state index >= 15 is 0 Å². The Balaban J connectivity index is 1.51. The molecule has 250 valence electrons. The zero-order valence-corrected chi connectivity index (χ0v) is 30.9. The normalized spacial score (nSPS) is 22.6. The molecule has 8 heteroatoms. The summed E-state index contributed by atoms with van der Waals surface area (Å²) in [6, 6.07) is 27.7. The van der Waals surface area contributed by atoms with Crippen molar-refractivity contribution in [3.8, 4) is 0 Å². The molecule has 2 heterocycles. The first-order valence-electron chi connectivity index (χ1n) is 16.9. The van der Waals surface area contributed by atoms with Crippen LogP contribution < -0.4 is 10.4 Å². The van der Waals surface area contributed by atoms with E-state index in [9.17, 15) is 8.42 Å². The van der Waals surface area contributed by atoms with Crippen LogP contribution in [0.15, 0.2) is 89.8 Å². The molecule has 2 fully saturated rings. The Labute approximate surface area is 279 Å². The zero-order valence-electron chi connectivity index (χ0n) is 29.1. The van der Waals surface area contributed by atoms with Crippen LogP contribution in [0.5, 0.6) is 0 Å². The number of hydrogen-bond donors (Lipinski definition) is 0. The van der Waals surface area contributed by atoms with E-state index in [1.165, 1.54) is 10.4 Å². The summed E-state index contributed by atoms with van der Waals surface area (Å²) >= 11 is 0. The van der Waals surface area contributed by atoms with E-state index in [1.54, 1.807) is 16.4 Å². The monoisotopic (exact) mass is 662 g/mol. The molecule has 6 nitrogen and oxygen atoms in total. The van der Waals surface area contributed by atoms with Crippen LogP contribution >= 0.6 is 0 Å². The molecule has 0 spiro atoms. The van der Waals surface area contributed by atoms with Crippen LogP contribution in [0.25, 0.3) is 0 Å². The lowest BCUT2D eigenvalue weighted by Crippen LogP contribution is -2.67. The number of aryl methyl sites for hydroxylation is 1. The SMILES string of the molecule is Cc1ccc(S(=O)(=O)N2[C@@H](CO[Si](c3ccccc3)(c3ccccc3)C(C)(C)C)CC[C@H]2CON2C(C)(C)CCCC2(C)C)cc1. The van der Waals surface area contributed by atoms with E-state index in [2.05, 4.69) is 102 Å². The van der Waals surface area contributed by atoms with Crippen molar-refractivity contribution in [3.63, 3.8) is 0 Å². The molecule has 3 aromatic carbocycles. The van der Waals surface area contributed by atoms with Crippen molar-refractivity contribution < 1.29 is 17.7 Å². The molecule has 2 atom stereocenters. The summed E-state index contributed by atoms with van der Waals surface area (Å²) in [4.78, 5) is 6.98. The lowest BCUT2D eigenvalue weighted by atomic mass is 9.82. The predicted octanol–water partition coefficient (Wildman–Crippen LogP) is 7.07. The van der Waals surface area contributed by atoms with Gasteiger partial charge in [-0.2, -0.15) is 9.37 Å². The predicted molar refractivity (Wildman–Crippen MR) is 190 cm³/mol. The molecular weight excluding hydrogens is 609 g/mol. The molecule has 0 amide bonds. The van der Waals surface area contributed by atoms with E-state index in [4.69, 9.17) is 9.26 Å². The maximum absolute atomic E-state index is 14.5. The largest absolute Gasteiger partial charge is 0.406 e. The lowest BCUT2D eigenvalue weighted by Gasteiger charge is -2.51. The van der Waals surface area contributed by atoms with Gasteiger partial charge in [0.05, 0.1) is 24.2 Å². The Morgan fingerprint density at radius 1 is 0.761 bits per heavy atom. The van der Waals surface area contributed by atoms with Crippen molar-refractivity contribution >= 4 is 28.7 Å². The summed E-state index contributed by atoms with van der Waals surface area (Å²) in [6.07, 6.45) is 4.67. The van der Waals surface area contributed by atoms with Gasteiger partial charge in [-0.15, -0.1) is 0 Å². The van der Waals surface area contributed by atoms with Crippen molar-refractivity contribution in [2.45, 2.75) is 121 Å². The molecule has 46 heavy (non-hydrogen) atoms. The number of piperidine rings is 1. The molecule has 0 radical (unpaired) electrons. The van der Waals surface area contributed by atoms with Crippen molar-refractivity contribution in [2.75, 3.05) is 13.2 Å². The highest BCUT2D eigenvalue weighted by molar-refractivity contribution is 7.89. The Kier molecular flexibility index (Phi) is 10.1. The van der Waals surface area contributed by atoms with Crippen LogP contribution in [0.4, 0.5) is 0 Å². The Bertz CT molecular complexity index is 1500. The maximum atomic E-state index is 14.5. The highest BCUT2D eigenvalue weighted by Gasteiger charge is 2.52. The number of hydroxylamine groups is 2. The van der Waals surface area contributed by atoms with Crippen molar-refractivity contribution in [2.24, 2.45) is 0 Å². The van der Waals surface area contributed by atoms with Crippen molar-refractivity contribution in [1.82, 2.24) is 9.37 Å². The highest BCUT2D eigenvalue weighted by Crippen LogP contribution is 2.41. The summed E-state index contributed by atoms with van der Waals surface area (Å²) in [5.74, 6) is 0. The summed E-state index contributed by atoms with van der Waals surface area (Å²) in [5.41, 5.74) is 0.765. The van der Waals surface area contributed by atoms with Gasteiger partial charge in [-0.3, -0.25) is 4.84 Å². The van der Waals surface area contributed by atoms with Gasteiger partial charge in [0.2, 0.25) is 10.0 Å². The number of hydrogen-bond acceptors (Lipinski definition) is 5. The van der Waals surface area contributed by atoms with E-state index in [-0.39, 0.29) is 28.2 Å². The van der Waals surface area contributed by atoms with E-state index in [0.717, 1.165) is 24.8 Å². The number of sulfonamides is 1. The molecule has 0 aromatic heterocycles. The third-order valence-corrected chi connectivity index (χ3v) is 17.2. The standard InChI is InChI=1S/C38H54N2O4SSi/c1-30-20-24-33(25-21-30)45(41,42)39-31(28-43-40-37(5,6)26-15-27-38(40,7)8)22-23-32(39)29-44-46(36(2,3)4,34-16-11-9-12-17-34)35-18-13-10-14-19-35/h9-14,16-21,24-25,31-32H,15,22-23,26-29H2,1-8H3/t31-,32+/m0/s1. The van der Waals surface area contributed by atoms with Crippen LogP contribution in [-0.2, 0) is 19.3 Å². The molecule has 0 bridgehead atoms. The summed E-state index contributed by atoms with van der Waals surface area (Å²) in [5, 5.41) is 4.32. The van der Waals surface area contributed by atoms with Gasteiger partial charge >= 0.3 is 0 Å². The minimum Gasteiger partial charge on any atom is -0.406 e. The smallest absolute Gasteiger partial charge is 0.261 e. The minimum absolute atomic E-state index is 0.132. The number of rotatable bonds is 10. The molecule has 2 aliphatic heterocycles. The highest BCUT2D eigenvalue weighted by atomic mass is 32.2. The van der Waals surface area contributed by atoms with Gasteiger partial charge in [-0.25, -0.2) is 8.42 Å². The molecule has 3 aromatic rings. The first-order chi connectivity index (χ1) is 21.6. The Morgan fingerprint density at radius 3 is 1.72 bits per heavy atom.